The molecule has 0 fully saturated rings. The van der Waals surface area contributed by atoms with Gasteiger partial charge in [-0.05, 0) is 18.2 Å². The van der Waals surface area contributed by atoms with Gasteiger partial charge < -0.3 is 15.0 Å². The van der Waals surface area contributed by atoms with E-state index in [4.69, 9.17) is 16.3 Å². The number of halogens is 1. The number of anilines is 1. The molecule has 0 spiro atoms. The van der Waals surface area contributed by atoms with E-state index in [0.717, 1.165) is 12.1 Å². The Kier molecular flexibility index (Phi) is 6.67. The van der Waals surface area contributed by atoms with Crippen molar-refractivity contribution in [3.63, 3.8) is 0 Å². The van der Waals surface area contributed by atoms with Gasteiger partial charge in [0.1, 0.15) is 0 Å². The standard InChI is InChI=1S/C18H16ClN3O6/c1-21(2)16(23)10-28-18(25)13-5-3-4-6-15(13)20-17(24)12-8-7-11(22(26)27)9-14(12)19/h3-9H,10H2,1-2H3,(H,20,24). The largest absolute Gasteiger partial charge is 0.452 e. The van der Waals surface area contributed by atoms with Crippen LogP contribution in [0.25, 0.3) is 0 Å². The maximum Gasteiger partial charge on any atom is 0.340 e. The Bertz CT molecular complexity index is 945. The van der Waals surface area contributed by atoms with Crippen molar-refractivity contribution >= 4 is 40.8 Å². The van der Waals surface area contributed by atoms with Crippen molar-refractivity contribution in [1.82, 2.24) is 4.90 Å². The second-order valence-electron chi connectivity index (χ2n) is 5.79. The minimum Gasteiger partial charge on any atom is -0.452 e. The van der Waals surface area contributed by atoms with Crippen LogP contribution in [-0.2, 0) is 9.53 Å². The van der Waals surface area contributed by atoms with Crippen LogP contribution in [0.1, 0.15) is 20.7 Å². The number of amides is 2. The number of ether oxygens (including phenoxy) is 1. The Morgan fingerprint density at radius 3 is 2.43 bits per heavy atom. The SMILES string of the molecule is CN(C)C(=O)COC(=O)c1ccccc1NC(=O)c1ccc([N+](=O)[O-])cc1Cl. The van der Waals surface area contributed by atoms with Gasteiger partial charge in [-0.25, -0.2) is 4.79 Å². The fourth-order valence-corrected chi connectivity index (χ4v) is 2.36. The summed E-state index contributed by atoms with van der Waals surface area (Å²) in [6, 6.07) is 9.48. The number of para-hydroxylation sites is 1. The van der Waals surface area contributed by atoms with Crippen molar-refractivity contribution in [3.8, 4) is 0 Å². The Hall–Kier alpha value is -3.46. The summed E-state index contributed by atoms with van der Waals surface area (Å²) < 4.78 is 4.96. The zero-order chi connectivity index (χ0) is 20.8. The molecule has 0 aliphatic carbocycles. The highest BCUT2D eigenvalue weighted by atomic mass is 35.5. The molecule has 0 unspecified atom stereocenters. The second kappa shape index (κ2) is 8.96. The number of non-ortho nitro benzene ring substituents is 1. The van der Waals surface area contributed by atoms with Gasteiger partial charge in [-0.2, -0.15) is 0 Å². The smallest absolute Gasteiger partial charge is 0.340 e. The molecule has 0 aliphatic rings. The first-order chi connectivity index (χ1) is 13.2. The number of carbonyl (C=O) groups excluding carboxylic acids is 3. The number of hydrogen-bond donors (Lipinski definition) is 1. The average molecular weight is 406 g/mol. The number of esters is 1. The highest BCUT2D eigenvalue weighted by Gasteiger charge is 2.19. The zero-order valence-corrected chi connectivity index (χ0v) is 15.7. The summed E-state index contributed by atoms with van der Waals surface area (Å²) >= 11 is 5.95. The number of rotatable bonds is 6. The van der Waals surface area contributed by atoms with E-state index < -0.39 is 29.3 Å². The Balaban J connectivity index is 2.19. The third kappa shape index (κ3) is 5.04. The first kappa shape index (κ1) is 20.8. The van der Waals surface area contributed by atoms with Crippen LogP contribution in [0, 0.1) is 10.1 Å². The van der Waals surface area contributed by atoms with Crippen molar-refractivity contribution in [2.24, 2.45) is 0 Å². The van der Waals surface area contributed by atoms with Crippen LogP contribution in [0.15, 0.2) is 42.5 Å². The average Bonchev–Trinajstić information content (AvgIpc) is 2.65. The number of nitrogens with one attached hydrogen (secondary N) is 1. The quantitative estimate of drug-likeness (QED) is 0.448. The molecule has 0 saturated heterocycles. The van der Waals surface area contributed by atoms with Crippen LogP contribution >= 0.6 is 11.6 Å². The van der Waals surface area contributed by atoms with Crippen LogP contribution in [0.2, 0.25) is 5.02 Å². The maximum absolute atomic E-state index is 12.5. The van der Waals surface area contributed by atoms with Gasteiger partial charge in [-0.15, -0.1) is 0 Å². The first-order valence-corrected chi connectivity index (χ1v) is 8.30. The maximum atomic E-state index is 12.5. The van der Waals surface area contributed by atoms with E-state index in [-0.39, 0.29) is 27.5 Å². The van der Waals surface area contributed by atoms with Gasteiger partial charge in [0.2, 0.25) is 0 Å². The van der Waals surface area contributed by atoms with E-state index in [2.05, 4.69) is 5.32 Å². The van der Waals surface area contributed by atoms with Crippen molar-refractivity contribution in [1.29, 1.82) is 0 Å². The zero-order valence-electron chi connectivity index (χ0n) is 15.0. The molecule has 0 saturated carbocycles. The summed E-state index contributed by atoms with van der Waals surface area (Å²) in [5, 5.41) is 13.2. The van der Waals surface area contributed by atoms with Gasteiger partial charge in [-0.1, -0.05) is 23.7 Å². The van der Waals surface area contributed by atoms with E-state index >= 15 is 0 Å². The lowest BCUT2D eigenvalue weighted by atomic mass is 10.1. The molecule has 2 rings (SSSR count). The molecular formula is C18H16ClN3O6. The van der Waals surface area contributed by atoms with Crippen LogP contribution in [0.4, 0.5) is 11.4 Å². The van der Waals surface area contributed by atoms with Crippen molar-refractivity contribution < 1.29 is 24.0 Å². The van der Waals surface area contributed by atoms with E-state index in [1.165, 1.54) is 37.2 Å². The molecule has 0 heterocycles. The molecule has 0 aromatic heterocycles. The minimum absolute atomic E-state index is 0.00165. The Labute approximate surface area is 165 Å². The highest BCUT2D eigenvalue weighted by molar-refractivity contribution is 6.34. The molecular weight excluding hydrogens is 390 g/mol. The molecule has 146 valence electrons. The number of nitro groups is 1. The van der Waals surface area contributed by atoms with Gasteiger partial charge >= 0.3 is 5.97 Å². The molecule has 28 heavy (non-hydrogen) atoms. The molecule has 0 radical (unpaired) electrons. The van der Waals surface area contributed by atoms with Gasteiger partial charge in [0.25, 0.3) is 17.5 Å². The summed E-state index contributed by atoms with van der Waals surface area (Å²) in [4.78, 5) is 47.7. The molecule has 2 aromatic carbocycles. The summed E-state index contributed by atoms with van der Waals surface area (Å²) in [6.45, 7) is -0.442. The van der Waals surface area contributed by atoms with Crippen LogP contribution < -0.4 is 5.32 Å². The molecule has 0 bridgehead atoms. The van der Waals surface area contributed by atoms with Crippen molar-refractivity contribution in [2.75, 3.05) is 26.0 Å². The van der Waals surface area contributed by atoms with E-state index in [0.29, 0.717) is 0 Å². The molecule has 2 aromatic rings. The fraction of sp³-hybridized carbons (Fsp3) is 0.167. The summed E-state index contributed by atoms with van der Waals surface area (Å²) in [7, 11) is 3.05. The third-order valence-corrected chi connectivity index (χ3v) is 3.94. The Morgan fingerprint density at radius 1 is 1.14 bits per heavy atom. The summed E-state index contributed by atoms with van der Waals surface area (Å²) in [5.41, 5.74) is -0.0704. The lowest BCUT2D eigenvalue weighted by molar-refractivity contribution is -0.384. The first-order valence-electron chi connectivity index (χ1n) is 7.92. The van der Waals surface area contributed by atoms with Crippen molar-refractivity contribution in [3.05, 3.63) is 68.7 Å². The number of nitro benzene ring substituents is 1. The molecule has 0 aliphatic heterocycles. The number of nitrogens with zero attached hydrogens (tertiary/aromatic N) is 2. The van der Waals surface area contributed by atoms with Gasteiger partial charge in [0, 0.05) is 26.2 Å². The summed E-state index contributed by atoms with van der Waals surface area (Å²) in [6.07, 6.45) is 0. The number of hydrogen-bond acceptors (Lipinski definition) is 6. The van der Waals surface area contributed by atoms with Crippen LogP contribution in [0.3, 0.4) is 0 Å². The fourth-order valence-electron chi connectivity index (χ4n) is 2.10. The number of likely N-dealkylation sites (N-methyl/N-ethyl adjacent to an activating group) is 1. The molecule has 10 heteroatoms. The molecule has 1 N–H and O–H groups in total. The van der Waals surface area contributed by atoms with Gasteiger partial charge in [0.05, 0.1) is 26.8 Å². The molecule has 9 nitrogen and oxygen atoms in total. The third-order valence-electron chi connectivity index (χ3n) is 3.63. The lowest BCUT2D eigenvalue weighted by Gasteiger charge is -2.13. The van der Waals surface area contributed by atoms with E-state index in [1.807, 2.05) is 0 Å². The molecule has 0 atom stereocenters. The minimum atomic E-state index is -0.791. The van der Waals surface area contributed by atoms with Crippen molar-refractivity contribution in [2.45, 2.75) is 0 Å². The second-order valence-corrected chi connectivity index (χ2v) is 6.19. The highest BCUT2D eigenvalue weighted by Crippen LogP contribution is 2.24. The van der Waals surface area contributed by atoms with Gasteiger partial charge in [0.15, 0.2) is 6.61 Å². The number of benzene rings is 2. The lowest BCUT2D eigenvalue weighted by Crippen LogP contribution is -2.27. The monoisotopic (exact) mass is 405 g/mol. The van der Waals surface area contributed by atoms with Crippen LogP contribution in [0.5, 0.6) is 0 Å². The normalized spacial score (nSPS) is 10.1. The van der Waals surface area contributed by atoms with Crippen LogP contribution in [-0.4, -0.2) is 48.3 Å². The molecule has 2 amide bonds. The van der Waals surface area contributed by atoms with E-state index in [1.54, 1.807) is 12.1 Å². The number of carbonyl (C=O) groups is 3. The Morgan fingerprint density at radius 2 is 1.82 bits per heavy atom. The van der Waals surface area contributed by atoms with E-state index in [9.17, 15) is 24.5 Å². The predicted molar refractivity (Wildman–Crippen MR) is 101 cm³/mol. The summed E-state index contributed by atoms with van der Waals surface area (Å²) in [5.74, 6) is -1.85. The topological polar surface area (TPSA) is 119 Å². The predicted octanol–water partition coefficient (Wildman–Crippen LogP) is 2.75. The van der Waals surface area contributed by atoms with Gasteiger partial charge in [-0.3, -0.25) is 19.7 Å².